The lowest BCUT2D eigenvalue weighted by Crippen LogP contribution is -2.23. The van der Waals surface area contributed by atoms with Crippen LogP contribution in [0.15, 0.2) is 150 Å². The van der Waals surface area contributed by atoms with E-state index in [1.54, 1.807) is 0 Å². The second-order valence-electron chi connectivity index (χ2n) is 13.3. The highest BCUT2D eigenvalue weighted by atomic mass is 16.5. The lowest BCUT2D eigenvalue weighted by atomic mass is 9.83. The maximum absolute atomic E-state index is 6.76. The molecule has 0 N–H and O–H groups in total. The molecule has 5 heteroatoms. The van der Waals surface area contributed by atoms with Gasteiger partial charge in [-0.25, -0.2) is 9.97 Å². The fourth-order valence-corrected chi connectivity index (χ4v) is 8.21. The molecule has 0 saturated carbocycles. The van der Waals surface area contributed by atoms with Crippen LogP contribution in [0.4, 0.5) is 0 Å². The van der Waals surface area contributed by atoms with E-state index in [4.69, 9.17) is 19.1 Å². The highest BCUT2D eigenvalue weighted by Gasteiger charge is 2.35. The van der Waals surface area contributed by atoms with Gasteiger partial charge < -0.3 is 9.15 Å². The molecule has 0 bridgehead atoms. The van der Waals surface area contributed by atoms with E-state index in [0.717, 1.165) is 88.4 Å². The number of rotatable bonds is 3. The van der Waals surface area contributed by atoms with E-state index >= 15 is 0 Å². The molecule has 0 amide bonds. The first-order valence-corrected chi connectivity index (χ1v) is 17.1. The summed E-state index contributed by atoms with van der Waals surface area (Å²) in [4.78, 5) is 10.7. The average molecular weight is 644 g/mol. The molecule has 6 aromatic carbocycles. The molecule has 9 aromatic rings. The van der Waals surface area contributed by atoms with E-state index in [0.29, 0.717) is 5.95 Å². The Bertz CT molecular complexity index is 2930. The minimum Gasteiger partial charge on any atom is -0.484 e. The van der Waals surface area contributed by atoms with Crippen LogP contribution in [0, 0.1) is 5.92 Å². The van der Waals surface area contributed by atoms with Gasteiger partial charge in [0, 0.05) is 49.7 Å². The van der Waals surface area contributed by atoms with Crippen LogP contribution in [-0.2, 0) is 0 Å². The predicted molar refractivity (Wildman–Crippen MR) is 203 cm³/mol. The molecule has 4 heterocycles. The molecular formula is C45H29N3O2. The maximum atomic E-state index is 6.76. The quantitative estimate of drug-likeness (QED) is 0.192. The number of aromatic nitrogens is 3. The average Bonchev–Trinajstić information content (AvgIpc) is 3.84. The number of nitrogens with zero attached hydrogens (tertiary/aromatic N) is 3. The first-order valence-electron chi connectivity index (χ1n) is 17.1. The van der Waals surface area contributed by atoms with Gasteiger partial charge in [-0.3, -0.25) is 4.57 Å². The largest absolute Gasteiger partial charge is 0.484 e. The molecule has 3 aromatic heterocycles. The molecule has 0 fully saturated rings. The normalized spacial score (nSPS) is 16.9. The van der Waals surface area contributed by atoms with Crippen molar-refractivity contribution in [2.24, 2.45) is 5.92 Å². The van der Waals surface area contributed by atoms with E-state index in [1.807, 2.05) is 24.3 Å². The Kier molecular flexibility index (Phi) is 5.65. The summed E-state index contributed by atoms with van der Waals surface area (Å²) in [6.45, 7) is 2.25. The fourth-order valence-electron chi connectivity index (χ4n) is 8.21. The zero-order valence-corrected chi connectivity index (χ0v) is 27.2. The van der Waals surface area contributed by atoms with Crippen LogP contribution in [0.5, 0.6) is 5.75 Å². The molecule has 1 aliphatic heterocycles. The molecule has 50 heavy (non-hydrogen) atoms. The summed E-state index contributed by atoms with van der Waals surface area (Å²) in [6, 6.07) is 46.2. The van der Waals surface area contributed by atoms with Crippen molar-refractivity contribution in [1.29, 1.82) is 0 Å². The summed E-state index contributed by atoms with van der Waals surface area (Å²) in [7, 11) is 0. The SMILES string of the molecule is CC1C=C(c2cc3c4ccccc4oc3c3c4ccccc4n(-c4nc(-c5ccccc5)c5ccccc5n4)c23)C=C2c3ccccc3OC21. The standard InChI is InChI=1S/C45H29N3O2/c1-26-23-28(24-34-29-15-7-11-21-38(29)49-43(26)34)33-25-35-30-16-8-12-22-39(30)50-44(35)40-32-18-6-10-20-37(32)48(42(33)40)45-46-36-19-9-5-17-31(36)41(47-45)27-13-3-2-4-14-27/h2-26,43H,1H3. The van der Waals surface area contributed by atoms with Crippen molar-refractivity contribution in [1.82, 2.24) is 14.5 Å². The topological polar surface area (TPSA) is 53.1 Å². The third kappa shape index (κ3) is 3.83. The second kappa shape index (κ2) is 10.3. The van der Waals surface area contributed by atoms with Gasteiger partial charge in [0.25, 0.3) is 0 Å². The van der Waals surface area contributed by atoms with Crippen molar-refractivity contribution in [2.45, 2.75) is 13.0 Å². The molecule has 0 radical (unpaired) electrons. The van der Waals surface area contributed by atoms with Gasteiger partial charge in [-0.05, 0) is 42.0 Å². The van der Waals surface area contributed by atoms with Crippen molar-refractivity contribution in [3.05, 3.63) is 157 Å². The van der Waals surface area contributed by atoms with Crippen LogP contribution in [0.25, 0.3) is 83.0 Å². The summed E-state index contributed by atoms with van der Waals surface area (Å²) in [5.41, 5.74) is 11.3. The van der Waals surface area contributed by atoms with Gasteiger partial charge in [-0.15, -0.1) is 0 Å². The molecule has 2 atom stereocenters. The van der Waals surface area contributed by atoms with Crippen molar-refractivity contribution in [2.75, 3.05) is 0 Å². The van der Waals surface area contributed by atoms with Crippen LogP contribution in [-0.4, -0.2) is 20.6 Å². The number of allylic oxidation sites excluding steroid dienone is 2. The Labute approximate surface area is 287 Å². The monoisotopic (exact) mass is 643 g/mol. The fraction of sp³-hybridized carbons (Fsp3) is 0.0667. The predicted octanol–water partition coefficient (Wildman–Crippen LogP) is 11.2. The third-order valence-corrected chi connectivity index (χ3v) is 10.4. The Morgan fingerprint density at radius 3 is 2.30 bits per heavy atom. The van der Waals surface area contributed by atoms with Gasteiger partial charge in [0.1, 0.15) is 23.0 Å². The van der Waals surface area contributed by atoms with Crippen LogP contribution in [0.3, 0.4) is 0 Å². The molecule has 1 aliphatic carbocycles. The van der Waals surface area contributed by atoms with E-state index in [1.165, 1.54) is 5.57 Å². The number of hydrogen-bond acceptors (Lipinski definition) is 4. The van der Waals surface area contributed by atoms with Gasteiger partial charge in [-0.2, -0.15) is 0 Å². The zero-order chi connectivity index (χ0) is 32.9. The lowest BCUT2D eigenvalue weighted by Gasteiger charge is -2.24. The Morgan fingerprint density at radius 1 is 0.660 bits per heavy atom. The van der Waals surface area contributed by atoms with Gasteiger partial charge >= 0.3 is 0 Å². The summed E-state index contributed by atoms with van der Waals surface area (Å²) >= 11 is 0. The summed E-state index contributed by atoms with van der Waals surface area (Å²) in [6.07, 6.45) is 4.67. The van der Waals surface area contributed by atoms with Crippen LogP contribution < -0.4 is 4.74 Å². The van der Waals surface area contributed by atoms with Crippen molar-refractivity contribution in [3.63, 3.8) is 0 Å². The number of furan rings is 1. The van der Waals surface area contributed by atoms with Crippen molar-refractivity contribution >= 4 is 65.8 Å². The highest BCUT2D eigenvalue weighted by molar-refractivity contribution is 6.26. The van der Waals surface area contributed by atoms with Gasteiger partial charge in [0.15, 0.2) is 0 Å². The molecule has 0 saturated heterocycles. The summed E-state index contributed by atoms with van der Waals surface area (Å²) in [5, 5.41) is 5.35. The maximum Gasteiger partial charge on any atom is 0.235 e. The van der Waals surface area contributed by atoms with Crippen LogP contribution in [0.1, 0.15) is 18.1 Å². The summed E-state index contributed by atoms with van der Waals surface area (Å²) in [5.74, 6) is 1.72. The number of hydrogen-bond donors (Lipinski definition) is 0. The van der Waals surface area contributed by atoms with Crippen molar-refractivity contribution < 1.29 is 9.15 Å². The lowest BCUT2D eigenvalue weighted by molar-refractivity contribution is 0.236. The third-order valence-electron chi connectivity index (χ3n) is 10.4. The molecule has 2 unspecified atom stereocenters. The molecular weight excluding hydrogens is 615 g/mol. The van der Waals surface area contributed by atoms with Gasteiger partial charge in [-0.1, -0.05) is 116 Å². The first-order chi connectivity index (χ1) is 24.7. The Morgan fingerprint density at radius 2 is 1.40 bits per heavy atom. The number of para-hydroxylation sites is 4. The number of fused-ring (bicyclic) bond motifs is 11. The molecule has 0 spiro atoms. The van der Waals surface area contributed by atoms with Gasteiger partial charge in [0.05, 0.1) is 27.6 Å². The molecule has 2 aliphatic rings. The molecule has 11 rings (SSSR count). The van der Waals surface area contributed by atoms with E-state index in [-0.39, 0.29) is 12.0 Å². The van der Waals surface area contributed by atoms with E-state index in [2.05, 4.69) is 133 Å². The summed E-state index contributed by atoms with van der Waals surface area (Å²) < 4.78 is 15.5. The highest BCUT2D eigenvalue weighted by Crippen LogP contribution is 2.49. The molecule has 236 valence electrons. The minimum absolute atomic E-state index is 0.0202. The number of benzene rings is 6. The van der Waals surface area contributed by atoms with Crippen LogP contribution >= 0.6 is 0 Å². The Hall–Kier alpha value is -6.46. The van der Waals surface area contributed by atoms with E-state index < -0.39 is 0 Å². The second-order valence-corrected chi connectivity index (χ2v) is 13.3. The van der Waals surface area contributed by atoms with Gasteiger partial charge in [0.2, 0.25) is 5.95 Å². The Balaban J connectivity index is 1.30. The van der Waals surface area contributed by atoms with Crippen LogP contribution in [0.2, 0.25) is 0 Å². The first kappa shape index (κ1) is 27.5. The smallest absolute Gasteiger partial charge is 0.235 e. The van der Waals surface area contributed by atoms with Crippen molar-refractivity contribution in [3.8, 4) is 23.0 Å². The number of ether oxygens (including phenoxy) is 1. The zero-order valence-electron chi connectivity index (χ0n) is 27.2. The minimum atomic E-state index is -0.0202. The molecule has 5 nitrogen and oxygen atoms in total. The van der Waals surface area contributed by atoms with E-state index in [9.17, 15) is 0 Å².